The molecule has 0 saturated carbocycles. The van der Waals surface area contributed by atoms with E-state index in [0.717, 1.165) is 12.8 Å². The molecule has 0 spiro atoms. The number of rotatable bonds is 8. The molecule has 0 bridgehead atoms. The van der Waals surface area contributed by atoms with Crippen molar-refractivity contribution >= 4 is 17.6 Å². The molecular formula is C16H22N2O5. The zero-order chi connectivity index (χ0) is 16.7. The topological polar surface area (TPSA) is 104 Å². The molecule has 1 aliphatic heterocycles. The van der Waals surface area contributed by atoms with Crippen LogP contribution in [0.4, 0.5) is 5.69 Å². The molecule has 0 aliphatic carbocycles. The van der Waals surface area contributed by atoms with Crippen LogP contribution in [0.3, 0.4) is 0 Å². The Kier molecular flexibility index (Phi) is 6.37. The van der Waals surface area contributed by atoms with E-state index in [0.29, 0.717) is 24.6 Å². The molecule has 1 aliphatic rings. The number of quaternary nitrogens is 1. The van der Waals surface area contributed by atoms with Crippen LogP contribution < -0.4 is 20.5 Å². The summed E-state index contributed by atoms with van der Waals surface area (Å²) in [7, 11) is 1.50. The average Bonchev–Trinajstić information content (AvgIpc) is 3.05. The van der Waals surface area contributed by atoms with Crippen LogP contribution in [-0.4, -0.2) is 44.3 Å². The number of methoxy groups -OCH3 is 1. The van der Waals surface area contributed by atoms with Crippen LogP contribution in [0.5, 0.6) is 5.75 Å². The van der Waals surface area contributed by atoms with Gasteiger partial charge in [-0.15, -0.1) is 0 Å². The molecule has 7 nitrogen and oxygen atoms in total. The lowest BCUT2D eigenvalue weighted by molar-refractivity contribution is -0.687. The Balaban J connectivity index is 1.88. The number of para-hydroxylation sites is 2. The van der Waals surface area contributed by atoms with E-state index >= 15 is 0 Å². The summed E-state index contributed by atoms with van der Waals surface area (Å²) in [4.78, 5) is 23.3. The number of hydrogen-bond acceptors (Lipinski definition) is 5. The van der Waals surface area contributed by atoms with Gasteiger partial charge in [0.15, 0.2) is 0 Å². The van der Waals surface area contributed by atoms with Gasteiger partial charge < -0.3 is 30.0 Å². The molecule has 7 heteroatoms. The normalized spacial score (nSPS) is 18.4. The fraction of sp³-hybridized carbons (Fsp3) is 0.500. The van der Waals surface area contributed by atoms with Crippen molar-refractivity contribution in [2.75, 3.05) is 25.6 Å². The SMILES string of the molecule is COc1ccccc1NC(=O)C[C@H]([NH2+]C[C@H]1CCCO1)C(=O)[O-]. The number of benzene rings is 1. The number of anilines is 1. The monoisotopic (exact) mass is 322 g/mol. The quantitative estimate of drug-likeness (QED) is 0.631. The lowest BCUT2D eigenvalue weighted by Crippen LogP contribution is -2.94. The number of aliphatic carboxylic acids is 1. The lowest BCUT2D eigenvalue weighted by Gasteiger charge is -2.18. The number of ether oxygens (including phenoxy) is 2. The van der Waals surface area contributed by atoms with Crippen LogP contribution in [0.1, 0.15) is 19.3 Å². The first-order valence-corrected chi connectivity index (χ1v) is 7.69. The Morgan fingerprint density at radius 3 is 2.91 bits per heavy atom. The largest absolute Gasteiger partial charge is 0.544 e. The third-order valence-electron chi connectivity index (χ3n) is 3.80. The van der Waals surface area contributed by atoms with E-state index in [4.69, 9.17) is 9.47 Å². The zero-order valence-electron chi connectivity index (χ0n) is 13.1. The molecule has 1 amide bonds. The van der Waals surface area contributed by atoms with E-state index in [2.05, 4.69) is 5.32 Å². The molecule has 1 aromatic rings. The maximum absolute atomic E-state index is 12.1. The van der Waals surface area contributed by atoms with E-state index in [1.165, 1.54) is 7.11 Å². The molecule has 2 rings (SSSR count). The second kappa shape index (κ2) is 8.50. The second-order valence-corrected chi connectivity index (χ2v) is 5.48. The van der Waals surface area contributed by atoms with Gasteiger partial charge in [-0.3, -0.25) is 4.79 Å². The number of amides is 1. The standard InChI is InChI=1S/C16H22N2O5/c1-22-14-7-3-2-6-12(14)18-15(19)9-13(16(20)21)17-10-11-5-4-8-23-11/h2-3,6-7,11,13,17H,4-5,8-10H2,1H3,(H,18,19)(H,20,21)/t11-,13+/m1/s1. The first-order valence-electron chi connectivity index (χ1n) is 7.69. The fourth-order valence-electron chi connectivity index (χ4n) is 2.56. The zero-order valence-corrected chi connectivity index (χ0v) is 13.1. The second-order valence-electron chi connectivity index (χ2n) is 5.48. The van der Waals surface area contributed by atoms with Gasteiger partial charge in [0, 0.05) is 6.61 Å². The maximum atomic E-state index is 12.1. The van der Waals surface area contributed by atoms with Crippen molar-refractivity contribution in [2.24, 2.45) is 0 Å². The van der Waals surface area contributed by atoms with Gasteiger partial charge >= 0.3 is 0 Å². The van der Waals surface area contributed by atoms with Gasteiger partial charge in [0.2, 0.25) is 5.91 Å². The molecule has 0 radical (unpaired) electrons. The number of nitrogens with one attached hydrogen (secondary N) is 1. The Hall–Kier alpha value is -2.12. The minimum atomic E-state index is -1.25. The van der Waals surface area contributed by atoms with Crippen LogP contribution in [-0.2, 0) is 14.3 Å². The maximum Gasteiger partial charge on any atom is 0.230 e. The van der Waals surface area contributed by atoms with Crippen LogP contribution in [0, 0.1) is 0 Å². The van der Waals surface area contributed by atoms with Crippen molar-refractivity contribution in [3.8, 4) is 5.75 Å². The van der Waals surface area contributed by atoms with Crippen LogP contribution in [0.15, 0.2) is 24.3 Å². The number of carboxylic acid groups (broad SMARTS) is 1. The number of nitrogens with two attached hydrogens (primary N) is 1. The molecule has 1 aromatic carbocycles. The summed E-state index contributed by atoms with van der Waals surface area (Å²) in [5.74, 6) is -1.13. The summed E-state index contributed by atoms with van der Waals surface area (Å²) in [5.41, 5.74) is 0.510. The summed E-state index contributed by atoms with van der Waals surface area (Å²) >= 11 is 0. The highest BCUT2D eigenvalue weighted by Gasteiger charge is 2.23. The van der Waals surface area contributed by atoms with Gasteiger partial charge in [0.05, 0.1) is 25.2 Å². The molecule has 2 atom stereocenters. The summed E-state index contributed by atoms with van der Waals surface area (Å²) < 4.78 is 10.6. The third-order valence-corrected chi connectivity index (χ3v) is 3.80. The summed E-state index contributed by atoms with van der Waals surface area (Å²) in [5, 5.41) is 15.5. The predicted molar refractivity (Wildman–Crippen MR) is 80.8 cm³/mol. The van der Waals surface area contributed by atoms with Gasteiger partial charge in [-0.1, -0.05) is 12.1 Å². The van der Waals surface area contributed by atoms with Crippen LogP contribution in [0.25, 0.3) is 0 Å². The van der Waals surface area contributed by atoms with E-state index < -0.39 is 17.9 Å². The Morgan fingerprint density at radius 1 is 1.48 bits per heavy atom. The first kappa shape index (κ1) is 17.2. The Morgan fingerprint density at radius 2 is 2.26 bits per heavy atom. The Labute approximate surface area is 135 Å². The first-order chi connectivity index (χ1) is 11.1. The minimum absolute atomic E-state index is 0.0501. The average molecular weight is 322 g/mol. The summed E-state index contributed by atoms with van der Waals surface area (Å²) in [6.45, 7) is 1.23. The van der Waals surface area contributed by atoms with Gasteiger partial charge in [0.25, 0.3) is 0 Å². The minimum Gasteiger partial charge on any atom is -0.544 e. The van der Waals surface area contributed by atoms with Gasteiger partial charge in [-0.25, -0.2) is 0 Å². The van der Waals surface area contributed by atoms with Gasteiger partial charge in [-0.05, 0) is 25.0 Å². The van der Waals surface area contributed by atoms with Crippen molar-refractivity contribution in [3.05, 3.63) is 24.3 Å². The van der Waals surface area contributed by atoms with Crippen molar-refractivity contribution in [1.82, 2.24) is 0 Å². The fourth-order valence-corrected chi connectivity index (χ4v) is 2.56. The van der Waals surface area contributed by atoms with Crippen molar-refractivity contribution < 1.29 is 29.5 Å². The third kappa shape index (κ3) is 5.22. The highest BCUT2D eigenvalue weighted by atomic mass is 16.5. The van der Waals surface area contributed by atoms with Crippen molar-refractivity contribution in [3.63, 3.8) is 0 Å². The van der Waals surface area contributed by atoms with Gasteiger partial charge in [-0.2, -0.15) is 0 Å². The molecule has 126 valence electrons. The smallest absolute Gasteiger partial charge is 0.230 e. The van der Waals surface area contributed by atoms with Crippen molar-refractivity contribution in [1.29, 1.82) is 0 Å². The molecule has 1 saturated heterocycles. The van der Waals surface area contributed by atoms with E-state index in [1.807, 2.05) is 0 Å². The van der Waals surface area contributed by atoms with Crippen LogP contribution >= 0.6 is 0 Å². The van der Waals surface area contributed by atoms with E-state index in [-0.39, 0.29) is 12.5 Å². The number of carboxylic acids is 1. The van der Waals surface area contributed by atoms with Crippen molar-refractivity contribution in [2.45, 2.75) is 31.4 Å². The lowest BCUT2D eigenvalue weighted by atomic mass is 10.1. The highest BCUT2D eigenvalue weighted by Crippen LogP contribution is 2.23. The molecule has 0 aromatic heterocycles. The number of hydrogen-bond donors (Lipinski definition) is 2. The van der Waals surface area contributed by atoms with E-state index in [9.17, 15) is 14.7 Å². The summed E-state index contributed by atoms with van der Waals surface area (Å²) in [6, 6.07) is 6.02. The number of carbonyl (C=O) groups is 2. The molecule has 23 heavy (non-hydrogen) atoms. The molecule has 3 N–H and O–H groups in total. The molecule has 0 unspecified atom stereocenters. The molecule has 1 fully saturated rings. The summed E-state index contributed by atoms with van der Waals surface area (Å²) in [6.07, 6.45) is 1.79. The van der Waals surface area contributed by atoms with Crippen LogP contribution in [0.2, 0.25) is 0 Å². The number of carbonyl (C=O) groups excluding carboxylic acids is 2. The van der Waals surface area contributed by atoms with Gasteiger partial charge in [0.1, 0.15) is 24.4 Å². The van der Waals surface area contributed by atoms with E-state index in [1.54, 1.807) is 29.6 Å². The molecule has 1 heterocycles. The predicted octanol–water partition coefficient (Wildman–Crippen LogP) is -1.12. The Bertz CT molecular complexity index is 543. The molecular weight excluding hydrogens is 300 g/mol. The highest BCUT2D eigenvalue weighted by molar-refractivity contribution is 5.94.